The number of esters is 1. The van der Waals surface area contributed by atoms with E-state index >= 15 is 0 Å². The fourth-order valence-corrected chi connectivity index (χ4v) is 2.31. The number of carbonyl (C=O) groups is 4. The maximum atomic E-state index is 12.5. The predicted molar refractivity (Wildman–Crippen MR) is 95.4 cm³/mol. The Bertz CT molecular complexity index is 505. The molecule has 28 heavy (non-hydrogen) atoms. The zero-order valence-electron chi connectivity index (χ0n) is 16.8. The van der Waals surface area contributed by atoms with E-state index in [1.165, 1.54) is 13.8 Å². The van der Waals surface area contributed by atoms with Gasteiger partial charge in [0, 0.05) is 13.3 Å². The Balaban J connectivity index is 4.78. The van der Waals surface area contributed by atoms with Gasteiger partial charge in [-0.2, -0.15) is 0 Å². The second-order valence-electron chi connectivity index (χ2n) is 5.91. The molecule has 0 aromatic carbocycles. The second kappa shape index (κ2) is 14.5. The van der Waals surface area contributed by atoms with E-state index in [1.807, 2.05) is 0 Å². The third kappa shape index (κ3) is 12.0. The van der Waals surface area contributed by atoms with Crippen LogP contribution < -0.4 is 0 Å². The number of aliphatic carboxylic acids is 1. The Hall–Kier alpha value is -2.52. The molecule has 0 fully saturated rings. The number of ether oxygens (including phenoxy) is 5. The molecule has 0 heterocycles. The Morgan fingerprint density at radius 3 is 1.93 bits per heavy atom. The first-order valence-corrected chi connectivity index (χ1v) is 9.30. The first-order valence-electron chi connectivity index (χ1n) is 9.30. The van der Waals surface area contributed by atoms with Crippen molar-refractivity contribution in [2.24, 2.45) is 5.92 Å². The molecule has 0 saturated heterocycles. The molecular formula is C18H30O10. The van der Waals surface area contributed by atoms with E-state index in [1.54, 1.807) is 13.8 Å². The molecule has 0 aliphatic carbocycles. The number of carbonyl (C=O) groups excluding carboxylic acids is 3. The highest BCUT2D eigenvalue weighted by atomic mass is 16.8. The zero-order chi connectivity index (χ0) is 21.5. The van der Waals surface area contributed by atoms with Crippen molar-refractivity contribution >= 4 is 24.2 Å². The highest BCUT2D eigenvalue weighted by Gasteiger charge is 2.31. The number of hydrogen-bond donors (Lipinski definition) is 1. The SMILES string of the molecule is CCOC(=O)OC(C)OC(=O)C(CCCCCC(=O)O)C(C)OC(=O)OCC. The lowest BCUT2D eigenvalue weighted by molar-refractivity contribution is -0.176. The second-order valence-corrected chi connectivity index (χ2v) is 5.91. The highest BCUT2D eigenvalue weighted by Crippen LogP contribution is 2.20. The normalized spacial score (nSPS) is 13.6. The van der Waals surface area contributed by atoms with Crippen LogP contribution in [0.5, 0.6) is 0 Å². The van der Waals surface area contributed by atoms with Crippen LogP contribution in [-0.2, 0) is 33.3 Å². The quantitative estimate of drug-likeness (QED) is 0.210. The van der Waals surface area contributed by atoms with Gasteiger partial charge in [0.05, 0.1) is 19.1 Å². The van der Waals surface area contributed by atoms with E-state index in [0.29, 0.717) is 25.7 Å². The van der Waals surface area contributed by atoms with Crippen molar-refractivity contribution in [1.82, 2.24) is 0 Å². The summed E-state index contributed by atoms with van der Waals surface area (Å²) in [5, 5.41) is 8.66. The van der Waals surface area contributed by atoms with Gasteiger partial charge in [-0.05, 0) is 33.6 Å². The minimum atomic E-state index is -1.18. The Kier molecular flexibility index (Phi) is 13.2. The van der Waals surface area contributed by atoms with Crippen LogP contribution in [0.4, 0.5) is 9.59 Å². The number of carboxylic acids is 1. The van der Waals surface area contributed by atoms with Crippen LogP contribution in [0.25, 0.3) is 0 Å². The average Bonchev–Trinajstić information content (AvgIpc) is 2.57. The van der Waals surface area contributed by atoms with Crippen molar-refractivity contribution in [2.75, 3.05) is 13.2 Å². The molecule has 0 radical (unpaired) electrons. The van der Waals surface area contributed by atoms with Gasteiger partial charge in [-0.1, -0.05) is 12.8 Å². The monoisotopic (exact) mass is 406 g/mol. The van der Waals surface area contributed by atoms with Gasteiger partial charge in [-0.15, -0.1) is 0 Å². The van der Waals surface area contributed by atoms with Crippen LogP contribution in [0.2, 0.25) is 0 Å². The fourth-order valence-electron chi connectivity index (χ4n) is 2.31. The molecule has 1 N–H and O–H groups in total. The summed E-state index contributed by atoms with van der Waals surface area (Å²) >= 11 is 0. The van der Waals surface area contributed by atoms with Crippen LogP contribution in [0.1, 0.15) is 59.8 Å². The van der Waals surface area contributed by atoms with Gasteiger partial charge >= 0.3 is 24.2 Å². The molecule has 0 aromatic rings. The van der Waals surface area contributed by atoms with Crippen LogP contribution in [-0.4, -0.2) is 55.0 Å². The molecular weight excluding hydrogens is 376 g/mol. The number of unbranched alkanes of at least 4 members (excludes halogenated alkanes) is 2. The Labute approximate surface area is 164 Å². The maximum absolute atomic E-state index is 12.5. The molecule has 3 atom stereocenters. The number of rotatable bonds is 13. The lowest BCUT2D eigenvalue weighted by atomic mass is 9.96. The summed E-state index contributed by atoms with van der Waals surface area (Å²) in [6, 6.07) is 0. The van der Waals surface area contributed by atoms with E-state index in [9.17, 15) is 19.2 Å². The third-order valence-electron chi connectivity index (χ3n) is 3.63. The summed E-state index contributed by atoms with van der Waals surface area (Å²) in [5.41, 5.74) is 0. The highest BCUT2D eigenvalue weighted by molar-refractivity contribution is 5.74. The molecule has 10 nitrogen and oxygen atoms in total. The van der Waals surface area contributed by atoms with Gasteiger partial charge < -0.3 is 28.8 Å². The van der Waals surface area contributed by atoms with Crippen molar-refractivity contribution in [3.05, 3.63) is 0 Å². The summed E-state index contributed by atoms with van der Waals surface area (Å²) in [7, 11) is 0. The maximum Gasteiger partial charge on any atom is 0.511 e. The predicted octanol–water partition coefficient (Wildman–Crippen LogP) is 3.26. The summed E-state index contributed by atoms with van der Waals surface area (Å²) in [6.07, 6.45) is -2.00. The van der Waals surface area contributed by atoms with E-state index < -0.39 is 42.6 Å². The zero-order valence-corrected chi connectivity index (χ0v) is 16.8. The smallest absolute Gasteiger partial charge is 0.481 e. The molecule has 0 spiro atoms. The number of hydrogen-bond acceptors (Lipinski definition) is 9. The molecule has 162 valence electrons. The fraction of sp³-hybridized carbons (Fsp3) is 0.778. The molecule has 0 aliphatic rings. The largest absolute Gasteiger partial charge is 0.511 e. The van der Waals surface area contributed by atoms with Gasteiger partial charge in [-0.3, -0.25) is 9.59 Å². The van der Waals surface area contributed by atoms with E-state index in [0.717, 1.165) is 0 Å². The van der Waals surface area contributed by atoms with E-state index in [-0.39, 0.29) is 19.6 Å². The molecule has 3 unspecified atom stereocenters. The molecule has 0 aliphatic heterocycles. The van der Waals surface area contributed by atoms with Crippen molar-refractivity contribution in [3.63, 3.8) is 0 Å². The van der Waals surface area contributed by atoms with Crippen molar-refractivity contribution < 1.29 is 48.0 Å². The van der Waals surface area contributed by atoms with Crippen LogP contribution in [0.3, 0.4) is 0 Å². The summed E-state index contributed by atoms with van der Waals surface area (Å²) in [5.74, 6) is -2.44. The third-order valence-corrected chi connectivity index (χ3v) is 3.63. The molecule has 0 amide bonds. The standard InChI is InChI=1S/C18H30O10/c1-5-24-17(22)26-12(3)14(10-8-7-9-11-15(19)20)16(21)27-13(4)28-18(23)25-6-2/h12-14H,5-11H2,1-4H3,(H,19,20). The molecule has 0 bridgehead atoms. The minimum absolute atomic E-state index is 0.0361. The summed E-state index contributed by atoms with van der Waals surface area (Å²) < 4.78 is 24.3. The molecule has 0 saturated carbocycles. The van der Waals surface area contributed by atoms with E-state index in [2.05, 4.69) is 4.74 Å². The Morgan fingerprint density at radius 1 is 0.821 bits per heavy atom. The number of carboxylic acid groups (broad SMARTS) is 1. The van der Waals surface area contributed by atoms with Crippen LogP contribution in [0.15, 0.2) is 0 Å². The molecule has 0 rings (SSSR count). The van der Waals surface area contributed by atoms with Crippen molar-refractivity contribution in [1.29, 1.82) is 0 Å². The van der Waals surface area contributed by atoms with Crippen molar-refractivity contribution in [2.45, 2.75) is 72.2 Å². The van der Waals surface area contributed by atoms with Crippen LogP contribution in [0, 0.1) is 5.92 Å². The minimum Gasteiger partial charge on any atom is -0.481 e. The Morgan fingerprint density at radius 2 is 1.39 bits per heavy atom. The molecule has 10 heteroatoms. The van der Waals surface area contributed by atoms with Gasteiger partial charge in [-0.25, -0.2) is 9.59 Å². The topological polar surface area (TPSA) is 135 Å². The molecule has 0 aromatic heterocycles. The first-order chi connectivity index (χ1) is 13.2. The lowest BCUT2D eigenvalue weighted by Gasteiger charge is -2.24. The lowest BCUT2D eigenvalue weighted by Crippen LogP contribution is -2.34. The van der Waals surface area contributed by atoms with Gasteiger partial charge in [0.15, 0.2) is 0 Å². The van der Waals surface area contributed by atoms with Crippen molar-refractivity contribution in [3.8, 4) is 0 Å². The summed E-state index contributed by atoms with van der Waals surface area (Å²) in [4.78, 5) is 45.8. The average molecular weight is 406 g/mol. The van der Waals surface area contributed by atoms with Gasteiger partial charge in [0.25, 0.3) is 0 Å². The van der Waals surface area contributed by atoms with Gasteiger partial charge in [0.2, 0.25) is 6.29 Å². The van der Waals surface area contributed by atoms with Gasteiger partial charge in [0.1, 0.15) is 6.10 Å². The van der Waals surface area contributed by atoms with E-state index in [4.69, 9.17) is 24.1 Å². The summed E-state index contributed by atoms with van der Waals surface area (Å²) in [6.45, 7) is 6.34. The van der Waals surface area contributed by atoms with Crippen LogP contribution >= 0.6 is 0 Å². The first kappa shape index (κ1) is 25.5.